The second-order valence-corrected chi connectivity index (χ2v) is 7.11. The van der Waals surface area contributed by atoms with Gasteiger partial charge in [-0.05, 0) is 31.5 Å². The van der Waals surface area contributed by atoms with E-state index in [4.69, 9.17) is 4.74 Å². The molecular formula is C21H25N5O2. The number of rotatable bonds is 4. The summed E-state index contributed by atoms with van der Waals surface area (Å²) in [7, 11) is 1.87. The standard InChI is InChI=1S/C21H25N5O2/c1-14-18(12-17-15(2)24-25(3)20(17)23-14)21(27)22-13-16-6-4-5-7-19(16)26-8-10-28-11-9-26/h4-7,12H,8-11,13H2,1-3H3,(H,22,27). The van der Waals surface area contributed by atoms with Gasteiger partial charge in [0.15, 0.2) is 5.65 Å². The van der Waals surface area contributed by atoms with Gasteiger partial charge in [0.1, 0.15) is 0 Å². The molecule has 0 spiro atoms. The number of ether oxygens (including phenoxy) is 1. The third-order valence-corrected chi connectivity index (χ3v) is 5.22. The van der Waals surface area contributed by atoms with Crippen LogP contribution in [0, 0.1) is 13.8 Å². The van der Waals surface area contributed by atoms with Crippen LogP contribution in [0.3, 0.4) is 0 Å². The molecule has 1 aliphatic rings. The molecule has 4 rings (SSSR count). The molecule has 7 heteroatoms. The molecule has 1 aliphatic heterocycles. The highest BCUT2D eigenvalue weighted by Crippen LogP contribution is 2.22. The lowest BCUT2D eigenvalue weighted by molar-refractivity contribution is 0.0950. The summed E-state index contributed by atoms with van der Waals surface area (Å²) < 4.78 is 7.20. The number of aromatic nitrogens is 3. The predicted molar refractivity (Wildman–Crippen MR) is 109 cm³/mol. The average Bonchev–Trinajstić information content (AvgIpc) is 2.99. The molecule has 1 amide bonds. The molecule has 0 bridgehead atoms. The third-order valence-electron chi connectivity index (χ3n) is 5.22. The van der Waals surface area contributed by atoms with E-state index in [1.54, 1.807) is 4.68 Å². The van der Waals surface area contributed by atoms with E-state index < -0.39 is 0 Å². The molecule has 0 unspecified atom stereocenters. The van der Waals surface area contributed by atoms with Crippen LogP contribution >= 0.6 is 0 Å². The number of pyridine rings is 1. The Bertz CT molecular complexity index is 1020. The summed E-state index contributed by atoms with van der Waals surface area (Å²) >= 11 is 0. The molecule has 0 radical (unpaired) electrons. The highest BCUT2D eigenvalue weighted by molar-refractivity contribution is 5.98. The van der Waals surface area contributed by atoms with E-state index in [0.29, 0.717) is 17.8 Å². The number of nitrogens with one attached hydrogen (secondary N) is 1. The topological polar surface area (TPSA) is 72.3 Å². The summed E-state index contributed by atoms with van der Waals surface area (Å²) in [5.41, 5.74) is 5.21. The van der Waals surface area contributed by atoms with Gasteiger partial charge in [-0.25, -0.2) is 4.98 Å². The number of benzene rings is 1. The van der Waals surface area contributed by atoms with Crippen molar-refractivity contribution in [3.8, 4) is 0 Å². The van der Waals surface area contributed by atoms with Crippen molar-refractivity contribution in [2.75, 3.05) is 31.2 Å². The number of para-hydroxylation sites is 1. The van der Waals surface area contributed by atoms with Crippen LogP contribution in [-0.4, -0.2) is 47.0 Å². The van der Waals surface area contributed by atoms with Gasteiger partial charge < -0.3 is 15.0 Å². The molecule has 7 nitrogen and oxygen atoms in total. The van der Waals surface area contributed by atoms with Crippen LogP contribution in [-0.2, 0) is 18.3 Å². The Morgan fingerprint density at radius 2 is 1.93 bits per heavy atom. The normalized spacial score (nSPS) is 14.5. The van der Waals surface area contributed by atoms with Crippen LogP contribution in [0.5, 0.6) is 0 Å². The highest BCUT2D eigenvalue weighted by Gasteiger charge is 2.17. The van der Waals surface area contributed by atoms with Crippen LogP contribution in [0.1, 0.15) is 27.3 Å². The Morgan fingerprint density at radius 3 is 2.71 bits per heavy atom. The van der Waals surface area contributed by atoms with E-state index >= 15 is 0 Å². The maximum atomic E-state index is 12.9. The summed E-state index contributed by atoms with van der Waals surface area (Å²) in [4.78, 5) is 19.8. The van der Waals surface area contributed by atoms with Gasteiger partial charge in [0.2, 0.25) is 0 Å². The minimum atomic E-state index is -0.119. The van der Waals surface area contributed by atoms with Crippen molar-refractivity contribution in [1.82, 2.24) is 20.1 Å². The lowest BCUT2D eigenvalue weighted by atomic mass is 10.1. The van der Waals surface area contributed by atoms with Gasteiger partial charge in [-0.3, -0.25) is 9.48 Å². The summed E-state index contributed by atoms with van der Waals surface area (Å²) in [6.07, 6.45) is 0. The Morgan fingerprint density at radius 1 is 1.18 bits per heavy atom. The second-order valence-electron chi connectivity index (χ2n) is 7.11. The molecule has 28 heavy (non-hydrogen) atoms. The van der Waals surface area contributed by atoms with E-state index in [2.05, 4.69) is 32.4 Å². The number of aryl methyl sites for hydroxylation is 3. The largest absolute Gasteiger partial charge is 0.378 e. The Hall–Kier alpha value is -2.93. The first kappa shape index (κ1) is 18.4. The molecule has 0 atom stereocenters. The summed E-state index contributed by atoms with van der Waals surface area (Å²) in [5, 5.41) is 8.37. The lowest BCUT2D eigenvalue weighted by Gasteiger charge is -2.30. The van der Waals surface area contributed by atoms with Crippen molar-refractivity contribution in [3.05, 3.63) is 52.8 Å². The quantitative estimate of drug-likeness (QED) is 0.753. The molecular weight excluding hydrogens is 354 g/mol. The van der Waals surface area contributed by atoms with Gasteiger partial charge in [-0.15, -0.1) is 0 Å². The first-order valence-electron chi connectivity index (χ1n) is 9.54. The van der Waals surface area contributed by atoms with Gasteiger partial charge >= 0.3 is 0 Å². The van der Waals surface area contributed by atoms with E-state index in [-0.39, 0.29) is 5.91 Å². The molecule has 1 saturated heterocycles. The molecule has 2 aromatic heterocycles. The monoisotopic (exact) mass is 379 g/mol. The van der Waals surface area contributed by atoms with Crippen LogP contribution in [0.2, 0.25) is 0 Å². The minimum Gasteiger partial charge on any atom is -0.378 e. The fraction of sp³-hybridized carbons (Fsp3) is 0.381. The van der Waals surface area contributed by atoms with Crippen molar-refractivity contribution < 1.29 is 9.53 Å². The van der Waals surface area contributed by atoms with Crippen molar-refractivity contribution in [2.45, 2.75) is 20.4 Å². The van der Waals surface area contributed by atoms with Gasteiger partial charge in [0, 0.05) is 37.8 Å². The first-order chi connectivity index (χ1) is 13.5. The lowest BCUT2D eigenvalue weighted by Crippen LogP contribution is -2.37. The van der Waals surface area contributed by atoms with Crippen LogP contribution in [0.25, 0.3) is 11.0 Å². The number of amides is 1. The first-order valence-corrected chi connectivity index (χ1v) is 9.54. The molecule has 1 N–H and O–H groups in total. The Labute approximate surface area is 164 Å². The van der Waals surface area contributed by atoms with Gasteiger partial charge in [-0.2, -0.15) is 5.10 Å². The summed E-state index contributed by atoms with van der Waals surface area (Å²) in [6.45, 7) is 7.45. The zero-order valence-electron chi connectivity index (χ0n) is 16.5. The van der Waals surface area contributed by atoms with Crippen molar-refractivity contribution >= 4 is 22.6 Å². The van der Waals surface area contributed by atoms with E-state index in [1.807, 2.05) is 39.1 Å². The zero-order valence-corrected chi connectivity index (χ0v) is 16.5. The fourth-order valence-corrected chi connectivity index (χ4v) is 3.71. The van der Waals surface area contributed by atoms with Gasteiger partial charge in [-0.1, -0.05) is 18.2 Å². The number of fused-ring (bicyclic) bond motifs is 1. The average molecular weight is 379 g/mol. The number of anilines is 1. The fourth-order valence-electron chi connectivity index (χ4n) is 3.71. The number of nitrogens with zero attached hydrogens (tertiary/aromatic N) is 4. The third kappa shape index (κ3) is 3.45. The maximum Gasteiger partial charge on any atom is 0.253 e. The molecule has 1 aromatic carbocycles. The van der Waals surface area contributed by atoms with Crippen LogP contribution < -0.4 is 10.2 Å². The molecule has 3 heterocycles. The number of morpholine rings is 1. The van der Waals surface area contributed by atoms with Crippen molar-refractivity contribution in [1.29, 1.82) is 0 Å². The Balaban J connectivity index is 1.55. The van der Waals surface area contributed by atoms with Crippen LogP contribution in [0.15, 0.2) is 30.3 Å². The van der Waals surface area contributed by atoms with Crippen molar-refractivity contribution in [2.24, 2.45) is 7.05 Å². The highest BCUT2D eigenvalue weighted by atomic mass is 16.5. The molecule has 0 saturated carbocycles. The van der Waals surface area contributed by atoms with E-state index in [9.17, 15) is 4.79 Å². The summed E-state index contributed by atoms with van der Waals surface area (Å²) in [6, 6.07) is 10.1. The zero-order chi connectivity index (χ0) is 19.7. The predicted octanol–water partition coefficient (Wildman–Crippen LogP) is 2.35. The number of hydrogen-bond donors (Lipinski definition) is 1. The number of carbonyl (C=O) groups excluding carboxylic acids is 1. The van der Waals surface area contributed by atoms with E-state index in [0.717, 1.165) is 54.3 Å². The van der Waals surface area contributed by atoms with Gasteiger partial charge in [0.05, 0.1) is 30.2 Å². The smallest absolute Gasteiger partial charge is 0.253 e. The Kier molecular flexibility index (Phi) is 5.00. The molecule has 0 aliphatic carbocycles. The number of hydrogen-bond acceptors (Lipinski definition) is 5. The molecule has 3 aromatic rings. The van der Waals surface area contributed by atoms with E-state index in [1.165, 1.54) is 0 Å². The number of carbonyl (C=O) groups is 1. The summed E-state index contributed by atoms with van der Waals surface area (Å²) in [5.74, 6) is -0.119. The molecule has 1 fully saturated rings. The van der Waals surface area contributed by atoms with Gasteiger partial charge in [0.25, 0.3) is 5.91 Å². The second kappa shape index (κ2) is 7.59. The SMILES string of the molecule is Cc1nc2c(cc1C(=O)NCc1ccccc1N1CCOCC1)c(C)nn2C. The van der Waals surface area contributed by atoms with Crippen molar-refractivity contribution in [3.63, 3.8) is 0 Å². The minimum absolute atomic E-state index is 0.119. The van der Waals surface area contributed by atoms with Crippen LogP contribution in [0.4, 0.5) is 5.69 Å². The molecule has 146 valence electrons. The maximum absolute atomic E-state index is 12.9.